The van der Waals surface area contributed by atoms with E-state index in [-0.39, 0.29) is 19.1 Å². The first kappa shape index (κ1) is 14.5. The molecule has 0 spiro atoms. The zero-order valence-electron chi connectivity index (χ0n) is 11.2. The number of amides is 1. The van der Waals surface area contributed by atoms with Gasteiger partial charge in [-0.2, -0.15) is 0 Å². The van der Waals surface area contributed by atoms with Gasteiger partial charge >= 0.3 is 0 Å². The molecule has 1 unspecified atom stereocenters. The third kappa shape index (κ3) is 5.19. The molecular formula is C14H21NO3. The maximum atomic E-state index is 11.5. The summed E-state index contributed by atoms with van der Waals surface area (Å²) in [6.45, 7) is 5.72. The first-order valence-corrected chi connectivity index (χ1v) is 6.11. The third-order valence-corrected chi connectivity index (χ3v) is 2.79. The van der Waals surface area contributed by atoms with Crippen molar-refractivity contribution in [2.75, 3.05) is 13.2 Å². The van der Waals surface area contributed by atoms with E-state index >= 15 is 0 Å². The molecule has 0 aromatic heterocycles. The second-order valence-electron chi connectivity index (χ2n) is 4.73. The van der Waals surface area contributed by atoms with Crippen LogP contribution in [0, 0.1) is 6.92 Å². The maximum absolute atomic E-state index is 11.5. The molecular weight excluding hydrogens is 230 g/mol. The summed E-state index contributed by atoms with van der Waals surface area (Å²) in [6, 6.07) is 7.52. The van der Waals surface area contributed by atoms with E-state index in [9.17, 15) is 9.90 Å². The van der Waals surface area contributed by atoms with Crippen molar-refractivity contribution in [2.45, 2.75) is 32.8 Å². The van der Waals surface area contributed by atoms with E-state index in [0.29, 0.717) is 12.2 Å². The molecule has 1 amide bonds. The van der Waals surface area contributed by atoms with Crippen LogP contribution in [0.3, 0.4) is 0 Å². The lowest BCUT2D eigenvalue weighted by Gasteiger charge is -2.21. The van der Waals surface area contributed by atoms with Crippen molar-refractivity contribution < 1.29 is 14.6 Å². The average Bonchev–Trinajstić information content (AvgIpc) is 2.34. The molecule has 0 aliphatic carbocycles. The van der Waals surface area contributed by atoms with Gasteiger partial charge in [-0.05, 0) is 38.0 Å². The van der Waals surface area contributed by atoms with Gasteiger partial charge in [-0.15, -0.1) is 0 Å². The molecule has 1 aromatic rings. The van der Waals surface area contributed by atoms with Crippen LogP contribution < -0.4 is 10.1 Å². The molecule has 4 heteroatoms. The highest BCUT2D eigenvalue weighted by Gasteiger charge is 2.18. The highest BCUT2D eigenvalue weighted by Crippen LogP contribution is 2.12. The zero-order valence-corrected chi connectivity index (χ0v) is 11.2. The van der Waals surface area contributed by atoms with Crippen molar-refractivity contribution in [3.8, 4) is 5.75 Å². The summed E-state index contributed by atoms with van der Waals surface area (Å²) >= 11 is 0. The molecule has 4 nitrogen and oxygen atoms in total. The fourth-order valence-corrected chi connectivity index (χ4v) is 1.32. The molecule has 1 atom stereocenters. The molecule has 0 saturated carbocycles. The Morgan fingerprint density at radius 3 is 2.83 bits per heavy atom. The topological polar surface area (TPSA) is 58.6 Å². The first-order chi connectivity index (χ1) is 8.43. The Morgan fingerprint density at radius 1 is 1.50 bits per heavy atom. The minimum atomic E-state index is -0.862. The summed E-state index contributed by atoms with van der Waals surface area (Å²) in [5.74, 6) is 0.442. The van der Waals surface area contributed by atoms with Gasteiger partial charge < -0.3 is 15.2 Å². The van der Waals surface area contributed by atoms with Gasteiger partial charge in [-0.1, -0.05) is 19.1 Å². The van der Waals surface area contributed by atoms with E-state index in [0.717, 1.165) is 5.56 Å². The van der Waals surface area contributed by atoms with E-state index in [2.05, 4.69) is 5.32 Å². The summed E-state index contributed by atoms with van der Waals surface area (Å²) in [5, 5.41) is 12.4. The molecule has 0 aliphatic rings. The van der Waals surface area contributed by atoms with E-state index in [1.54, 1.807) is 6.92 Å². The van der Waals surface area contributed by atoms with Crippen LogP contribution in [0.4, 0.5) is 0 Å². The van der Waals surface area contributed by atoms with Crippen molar-refractivity contribution in [3.63, 3.8) is 0 Å². The Morgan fingerprint density at radius 2 is 2.22 bits per heavy atom. The van der Waals surface area contributed by atoms with E-state index in [1.807, 2.05) is 38.1 Å². The van der Waals surface area contributed by atoms with Gasteiger partial charge in [0.2, 0.25) is 0 Å². The third-order valence-electron chi connectivity index (χ3n) is 2.79. The molecule has 1 rings (SSSR count). The van der Waals surface area contributed by atoms with E-state index < -0.39 is 5.60 Å². The van der Waals surface area contributed by atoms with Crippen LogP contribution in [0.2, 0.25) is 0 Å². The second kappa shape index (κ2) is 6.40. The predicted octanol–water partition coefficient (Wildman–Crippen LogP) is 1.65. The van der Waals surface area contributed by atoms with Crippen LogP contribution >= 0.6 is 0 Å². The van der Waals surface area contributed by atoms with Gasteiger partial charge in [0, 0.05) is 6.54 Å². The average molecular weight is 251 g/mol. The van der Waals surface area contributed by atoms with E-state index in [1.165, 1.54) is 0 Å². The van der Waals surface area contributed by atoms with Crippen molar-refractivity contribution in [1.29, 1.82) is 0 Å². The molecule has 0 bridgehead atoms. The number of rotatable bonds is 6. The maximum Gasteiger partial charge on any atom is 0.258 e. The van der Waals surface area contributed by atoms with Crippen LogP contribution in [0.5, 0.6) is 5.75 Å². The summed E-state index contributed by atoms with van der Waals surface area (Å²) in [4.78, 5) is 11.5. The summed E-state index contributed by atoms with van der Waals surface area (Å²) < 4.78 is 5.35. The normalized spacial score (nSPS) is 13.8. The standard InChI is InChI=1S/C14H21NO3/c1-4-14(3,17)10-15-13(16)9-18-12-7-5-6-11(2)8-12/h5-8,17H,4,9-10H2,1-3H3,(H,15,16). The highest BCUT2D eigenvalue weighted by molar-refractivity contribution is 5.77. The van der Waals surface area contributed by atoms with Crippen LogP contribution in [0.25, 0.3) is 0 Å². The Labute approximate surface area is 108 Å². The number of ether oxygens (including phenoxy) is 1. The fourth-order valence-electron chi connectivity index (χ4n) is 1.32. The van der Waals surface area contributed by atoms with Gasteiger partial charge in [0.15, 0.2) is 6.61 Å². The minimum Gasteiger partial charge on any atom is -0.484 e. The summed E-state index contributed by atoms with van der Waals surface area (Å²) in [7, 11) is 0. The fraction of sp³-hybridized carbons (Fsp3) is 0.500. The van der Waals surface area contributed by atoms with Crippen molar-refractivity contribution in [1.82, 2.24) is 5.32 Å². The molecule has 1 aromatic carbocycles. The van der Waals surface area contributed by atoms with E-state index in [4.69, 9.17) is 4.74 Å². The Kier molecular flexibility index (Phi) is 5.16. The number of benzene rings is 1. The minimum absolute atomic E-state index is 0.0384. The molecule has 0 saturated heterocycles. The molecule has 18 heavy (non-hydrogen) atoms. The molecule has 2 N–H and O–H groups in total. The van der Waals surface area contributed by atoms with Crippen LogP contribution in [0.15, 0.2) is 24.3 Å². The number of hydrogen-bond acceptors (Lipinski definition) is 3. The predicted molar refractivity (Wildman–Crippen MR) is 70.6 cm³/mol. The van der Waals surface area contributed by atoms with Gasteiger partial charge in [0.05, 0.1) is 5.60 Å². The SMILES string of the molecule is CCC(C)(O)CNC(=O)COc1cccc(C)c1. The highest BCUT2D eigenvalue weighted by atomic mass is 16.5. The van der Waals surface area contributed by atoms with Crippen molar-refractivity contribution in [2.24, 2.45) is 0 Å². The molecule has 0 radical (unpaired) electrons. The van der Waals surface area contributed by atoms with Crippen LogP contribution in [-0.2, 0) is 4.79 Å². The lowest BCUT2D eigenvalue weighted by molar-refractivity contribution is -0.124. The number of nitrogens with one attached hydrogen (secondary N) is 1. The number of aliphatic hydroxyl groups is 1. The number of carbonyl (C=O) groups excluding carboxylic acids is 1. The molecule has 0 heterocycles. The lowest BCUT2D eigenvalue weighted by atomic mass is 10.0. The van der Waals surface area contributed by atoms with Crippen LogP contribution in [0.1, 0.15) is 25.8 Å². The van der Waals surface area contributed by atoms with Gasteiger partial charge in [0.25, 0.3) is 5.91 Å². The molecule has 0 fully saturated rings. The molecule has 0 aliphatic heterocycles. The number of carbonyl (C=O) groups is 1. The quantitative estimate of drug-likeness (QED) is 0.808. The van der Waals surface area contributed by atoms with Gasteiger partial charge in [-0.3, -0.25) is 4.79 Å². The molecule has 100 valence electrons. The van der Waals surface area contributed by atoms with Crippen molar-refractivity contribution in [3.05, 3.63) is 29.8 Å². The number of hydrogen-bond donors (Lipinski definition) is 2. The lowest BCUT2D eigenvalue weighted by Crippen LogP contribution is -2.41. The van der Waals surface area contributed by atoms with Gasteiger partial charge in [0.1, 0.15) is 5.75 Å². The monoisotopic (exact) mass is 251 g/mol. The summed E-state index contributed by atoms with van der Waals surface area (Å²) in [6.07, 6.45) is 0.589. The van der Waals surface area contributed by atoms with Crippen molar-refractivity contribution >= 4 is 5.91 Å². The first-order valence-electron chi connectivity index (χ1n) is 6.11. The Bertz CT molecular complexity index is 402. The zero-order chi connectivity index (χ0) is 13.6. The Balaban J connectivity index is 2.34. The Hall–Kier alpha value is -1.55. The smallest absolute Gasteiger partial charge is 0.258 e. The second-order valence-corrected chi connectivity index (χ2v) is 4.73. The largest absolute Gasteiger partial charge is 0.484 e. The van der Waals surface area contributed by atoms with Gasteiger partial charge in [-0.25, -0.2) is 0 Å². The number of aryl methyl sites for hydroxylation is 1. The summed E-state index contributed by atoms with van der Waals surface area (Å²) in [5.41, 5.74) is 0.223. The van der Waals surface area contributed by atoms with Crippen LogP contribution in [-0.4, -0.2) is 29.8 Å².